The van der Waals surface area contributed by atoms with Crippen LogP contribution in [0.25, 0.3) is 0 Å². The molecule has 18 heavy (non-hydrogen) atoms. The molecule has 2 rings (SSSR count). The van der Waals surface area contributed by atoms with Crippen LogP contribution in [0.1, 0.15) is 23.6 Å². The number of halogens is 3. The Bertz CT molecular complexity index is 403. The Kier molecular flexibility index (Phi) is 4.19. The minimum atomic E-state index is -4.34. The Hall–Kier alpha value is -0.720. The molecule has 1 fully saturated rings. The van der Waals surface area contributed by atoms with Crippen molar-refractivity contribution in [3.05, 3.63) is 35.4 Å². The van der Waals surface area contributed by atoms with Gasteiger partial charge in [-0.2, -0.15) is 24.9 Å². The molecule has 0 spiro atoms. The van der Waals surface area contributed by atoms with E-state index in [4.69, 9.17) is 5.84 Å². The number of hydrazine groups is 1. The van der Waals surface area contributed by atoms with Crippen LogP contribution >= 0.6 is 11.8 Å². The smallest absolute Gasteiger partial charge is 0.271 e. The largest absolute Gasteiger partial charge is 0.416 e. The zero-order valence-corrected chi connectivity index (χ0v) is 10.5. The summed E-state index contributed by atoms with van der Waals surface area (Å²) in [5.41, 5.74) is 2.22. The van der Waals surface area contributed by atoms with Crippen LogP contribution in [0, 0.1) is 5.92 Å². The maximum Gasteiger partial charge on any atom is 0.416 e. The highest BCUT2D eigenvalue weighted by Crippen LogP contribution is 2.39. The zero-order chi connectivity index (χ0) is 13.2. The van der Waals surface area contributed by atoms with Crippen molar-refractivity contribution in [2.75, 3.05) is 11.5 Å². The van der Waals surface area contributed by atoms with Gasteiger partial charge in [0.05, 0.1) is 11.6 Å². The first-order chi connectivity index (χ1) is 8.54. The lowest BCUT2D eigenvalue weighted by Crippen LogP contribution is -2.35. The summed E-state index contributed by atoms with van der Waals surface area (Å²) in [5, 5.41) is 0. The molecule has 1 aliphatic heterocycles. The lowest BCUT2D eigenvalue weighted by molar-refractivity contribution is -0.138. The van der Waals surface area contributed by atoms with Crippen molar-refractivity contribution < 1.29 is 13.2 Å². The van der Waals surface area contributed by atoms with Crippen molar-refractivity contribution in [3.8, 4) is 0 Å². The molecule has 2 nitrogen and oxygen atoms in total. The SMILES string of the molecule is NNC(c1ccccc1C(F)(F)F)C1CCSC1. The van der Waals surface area contributed by atoms with Crippen LogP contribution in [0.5, 0.6) is 0 Å². The van der Waals surface area contributed by atoms with Gasteiger partial charge in [-0.05, 0) is 35.5 Å². The molecule has 1 aliphatic rings. The Balaban J connectivity index is 2.35. The third-order valence-electron chi connectivity index (χ3n) is 3.22. The summed E-state index contributed by atoms with van der Waals surface area (Å²) in [7, 11) is 0. The fraction of sp³-hybridized carbons (Fsp3) is 0.500. The summed E-state index contributed by atoms with van der Waals surface area (Å²) in [5.74, 6) is 7.46. The molecule has 6 heteroatoms. The van der Waals surface area contributed by atoms with Crippen LogP contribution in [0.15, 0.2) is 24.3 Å². The van der Waals surface area contributed by atoms with Crippen LogP contribution in [-0.2, 0) is 6.18 Å². The van der Waals surface area contributed by atoms with Crippen LogP contribution in [0.4, 0.5) is 13.2 Å². The second-order valence-electron chi connectivity index (χ2n) is 4.35. The Labute approximate surface area is 108 Å². The van der Waals surface area contributed by atoms with E-state index in [1.54, 1.807) is 17.8 Å². The number of hydrogen-bond donors (Lipinski definition) is 2. The summed E-state index contributed by atoms with van der Waals surface area (Å²) >= 11 is 1.76. The fourth-order valence-electron chi connectivity index (χ4n) is 2.32. The average molecular weight is 276 g/mol. The van der Waals surface area contributed by atoms with Gasteiger partial charge in [0.1, 0.15) is 0 Å². The number of thioether (sulfide) groups is 1. The van der Waals surface area contributed by atoms with E-state index in [9.17, 15) is 13.2 Å². The predicted octanol–water partition coefficient (Wildman–Crippen LogP) is 2.96. The Morgan fingerprint density at radius 2 is 2.06 bits per heavy atom. The van der Waals surface area contributed by atoms with Crippen molar-refractivity contribution >= 4 is 11.8 Å². The molecule has 1 aromatic carbocycles. The molecule has 1 heterocycles. The molecule has 2 atom stereocenters. The first-order valence-corrected chi connectivity index (χ1v) is 6.89. The minimum absolute atomic E-state index is 0.156. The number of rotatable bonds is 3. The quantitative estimate of drug-likeness (QED) is 0.658. The third-order valence-corrected chi connectivity index (χ3v) is 4.41. The number of alkyl halides is 3. The number of benzene rings is 1. The lowest BCUT2D eigenvalue weighted by Gasteiger charge is -2.25. The van der Waals surface area contributed by atoms with Gasteiger partial charge in [-0.15, -0.1) is 0 Å². The van der Waals surface area contributed by atoms with Gasteiger partial charge in [-0.3, -0.25) is 11.3 Å². The number of hydrogen-bond acceptors (Lipinski definition) is 3. The van der Waals surface area contributed by atoms with E-state index in [-0.39, 0.29) is 11.5 Å². The topological polar surface area (TPSA) is 38.0 Å². The van der Waals surface area contributed by atoms with Crippen molar-refractivity contribution in [2.24, 2.45) is 11.8 Å². The monoisotopic (exact) mass is 276 g/mol. The third kappa shape index (κ3) is 2.81. The van der Waals surface area contributed by atoms with Gasteiger partial charge in [-0.25, -0.2) is 0 Å². The van der Waals surface area contributed by atoms with Gasteiger partial charge in [0.15, 0.2) is 0 Å². The van der Waals surface area contributed by atoms with E-state index in [1.807, 2.05) is 0 Å². The van der Waals surface area contributed by atoms with Crippen LogP contribution in [0.2, 0.25) is 0 Å². The first-order valence-electron chi connectivity index (χ1n) is 5.74. The molecule has 3 N–H and O–H groups in total. The molecule has 0 aliphatic carbocycles. The minimum Gasteiger partial charge on any atom is -0.271 e. The zero-order valence-electron chi connectivity index (χ0n) is 9.70. The second kappa shape index (κ2) is 5.50. The Morgan fingerprint density at radius 3 is 2.61 bits per heavy atom. The molecule has 100 valence electrons. The normalized spacial score (nSPS) is 22.1. The fourth-order valence-corrected chi connectivity index (χ4v) is 3.62. The molecule has 0 radical (unpaired) electrons. The summed E-state index contributed by atoms with van der Waals surface area (Å²) in [6.45, 7) is 0. The number of nitrogens with two attached hydrogens (primary N) is 1. The van der Waals surface area contributed by atoms with Gasteiger partial charge >= 0.3 is 6.18 Å². The molecule has 0 saturated carbocycles. The molecular formula is C12H15F3N2S. The van der Waals surface area contributed by atoms with Gasteiger partial charge < -0.3 is 0 Å². The van der Waals surface area contributed by atoms with Gasteiger partial charge in [0, 0.05) is 0 Å². The van der Waals surface area contributed by atoms with Crippen molar-refractivity contribution in [1.82, 2.24) is 5.43 Å². The summed E-state index contributed by atoms with van der Waals surface area (Å²) in [4.78, 5) is 0. The van der Waals surface area contributed by atoms with E-state index in [1.165, 1.54) is 12.1 Å². The van der Waals surface area contributed by atoms with E-state index in [0.29, 0.717) is 0 Å². The van der Waals surface area contributed by atoms with Gasteiger partial charge in [0.25, 0.3) is 0 Å². The number of nitrogens with one attached hydrogen (secondary N) is 1. The Morgan fingerprint density at radius 1 is 1.33 bits per heavy atom. The highest BCUT2D eigenvalue weighted by atomic mass is 32.2. The van der Waals surface area contributed by atoms with E-state index in [0.717, 1.165) is 24.0 Å². The molecule has 1 saturated heterocycles. The van der Waals surface area contributed by atoms with E-state index < -0.39 is 17.8 Å². The molecule has 1 aromatic rings. The standard InChI is InChI=1S/C12H15F3N2S/c13-12(14,15)10-4-2-1-3-9(10)11(17-16)8-5-6-18-7-8/h1-4,8,11,17H,5-7,16H2. The van der Waals surface area contributed by atoms with Crippen molar-refractivity contribution in [1.29, 1.82) is 0 Å². The van der Waals surface area contributed by atoms with E-state index in [2.05, 4.69) is 5.43 Å². The summed E-state index contributed by atoms with van der Waals surface area (Å²) in [6, 6.07) is 5.22. The summed E-state index contributed by atoms with van der Waals surface area (Å²) < 4.78 is 38.9. The maximum absolute atomic E-state index is 13.0. The van der Waals surface area contributed by atoms with Crippen LogP contribution in [0.3, 0.4) is 0 Å². The van der Waals surface area contributed by atoms with E-state index >= 15 is 0 Å². The van der Waals surface area contributed by atoms with Crippen LogP contribution < -0.4 is 11.3 Å². The van der Waals surface area contributed by atoms with Crippen molar-refractivity contribution in [2.45, 2.75) is 18.6 Å². The molecule has 0 bridgehead atoms. The van der Waals surface area contributed by atoms with Crippen molar-refractivity contribution in [3.63, 3.8) is 0 Å². The second-order valence-corrected chi connectivity index (χ2v) is 5.50. The predicted molar refractivity (Wildman–Crippen MR) is 66.9 cm³/mol. The molecular weight excluding hydrogens is 261 g/mol. The van der Waals surface area contributed by atoms with Gasteiger partial charge in [0.2, 0.25) is 0 Å². The molecule has 0 amide bonds. The van der Waals surface area contributed by atoms with Gasteiger partial charge in [-0.1, -0.05) is 18.2 Å². The average Bonchev–Trinajstić information content (AvgIpc) is 2.83. The summed E-state index contributed by atoms with van der Waals surface area (Å²) in [6.07, 6.45) is -3.44. The highest BCUT2D eigenvalue weighted by Gasteiger charge is 2.37. The maximum atomic E-state index is 13.0. The lowest BCUT2D eigenvalue weighted by atomic mass is 9.90. The first kappa shape index (κ1) is 13.7. The molecule has 2 unspecified atom stereocenters. The van der Waals surface area contributed by atoms with Crippen LogP contribution in [-0.4, -0.2) is 11.5 Å². The highest BCUT2D eigenvalue weighted by molar-refractivity contribution is 7.99. The molecule has 0 aromatic heterocycles.